The van der Waals surface area contributed by atoms with E-state index in [9.17, 15) is 5.11 Å². The monoisotopic (exact) mass is 236 g/mol. The van der Waals surface area contributed by atoms with E-state index in [1.165, 1.54) is 11.1 Å². The Morgan fingerprint density at radius 2 is 2.06 bits per heavy atom. The molecule has 16 heavy (non-hydrogen) atoms. The first-order valence-corrected chi connectivity index (χ1v) is 6.85. The number of aliphatic hydroxyl groups is 1. The third-order valence-corrected chi connectivity index (χ3v) is 4.81. The smallest absolute Gasteiger partial charge is 0.0934 e. The van der Waals surface area contributed by atoms with Crippen LogP contribution < -0.4 is 0 Å². The molecular weight excluding hydrogens is 216 g/mol. The van der Waals surface area contributed by atoms with Crippen LogP contribution in [0.4, 0.5) is 0 Å². The van der Waals surface area contributed by atoms with Crippen molar-refractivity contribution in [2.75, 3.05) is 0 Å². The van der Waals surface area contributed by atoms with E-state index < -0.39 is 0 Å². The summed E-state index contributed by atoms with van der Waals surface area (Å²) in [7, 11) is 0. The van der Waals surface area contributed by atoms with Crippen molar-refractivity contribution in [2.45, 2.75) is 50.2 Å². The van der Waals surface area contributed by atoms with Crippen molar-refractivity contribution in [3.63, 3.8) is 0 Å². The zero-order chi connectivity index (χ0) is 11.9. The number of fused-ring (bicyclic) bond motifs is 1. The van der Waals surface area contributed by atoms with Gasteiger partial charge in [-0.3, -0.25) is 0 Å². The van der Waals surface area contributed by atoms with Crippen LogP contribution in [0, 0.1) is 0 Å². The summed E-state index contributed by atoms with van der Waals surface area (Å²) >= 11 is 1.84. The lowest BCUT2D eigenvalue weighted by Gasteiger charge is -2.36. The molecule has 1 N–H and O–H groups in total. The lowest BCUT2D eigenvalue weighted by atomic mass is 9.90. The summed E-state index contributed by atoms with van der Waals surface area (Å²) in [6.45, 7) is 8.62. The van der Waals surface area contributed by atoms with Crippen molar-refractivity contribution in [3.8, 4) is 0 Å². The van der Waals surface area contributed by atoms with Gasteiger partial charge in [-0.25, -0.2) is 0 Å². The van der Waals surface area contributed by atoms with E-state index in [0.29, 0.717) is 5.92 Å². The van der Waals surface area contributed by atoms with Crippen molar-refractivity contribution < 1.29 is 5.11 Å². The molecule has 0 saturated carbocycles. The van der Waals surface area contributed by atoms with Gasteiger partial charge in [-0.05, 0) is 36.5 Å². The van der Waals surface area contributed by atoms with Crippen LogP contribution in [-0.4, -0.2) is 9.85 Å². The van der Waals surface area contributed by atoms with E-state index >= 15 is 0 Å². The van der Waals surface area contributed by atoms with E-state index in [4.69, 9.17) is 0 Å². The fourth-order valence-corrected chi connectivity index (χ4v) is 3.15. The normalized spacial score (nSPS) is 23.2. The number of rotatable bonds is 1. The van der Waals surface area contributed by atoms with Crippen LogP contribution in [0.2, 0.25) is 0 Å². The first kappa shape index (κ1) is 12.0. The van der Waals surface area contributed by atoms with Crippen LogP contribution >= 0.6 is 11.8 Å². The summed E-state index contributed by atoms with van der Waals surface area (Å²) in [5, 5.41) is 10.4. The highest BCUT2D eigenvalue weighted by molar-refractivity contribution is 7.99. The standard InChI is InChI=1S/C14H20OS/c1-9(2)10-5-6-11-8-16-14(3,4)13(15)12(11)7-10/h5-7,9,13,15H,8H2,1-4H3. The van der Waals surface area contributed by atoms with E-state index in [2.05, 4.69) is 45.9 Å². The summed E-state index contributed by atoms with van der Waals surface area (Å²) in [6, 6.07) is 6.55. The van der Waals surface area contributed by atoms with Crippen molar-refractivity contribution in [1.29, 1.82) is 0 Å². The molecule has 1 aliphatic rings. The summed E-state index contributed by atoms with van der Waals surface area (Å²) in [5.41, 5.74) is 3.75. The van der Waals surface area contributed by atoms with Gasteiger partial charge in [0.05, 0.1) is 6.10 Å². The van der Waals surface area contributed by atoms with E-state index in [0.717, 1.165) is 11.3 Å². The van der Waals surface area contributed by atoms with Gasteiger partial charge in [-0.15, -0.1) is 11.8 Å². The van der Waals surface area contributed by atoms with Crippen molar-refractivity contribution >= 4 is 11.8 Å². The highest BCUT2D eigenvalue weighted by Crippen LogP contribution is 2.45. The number of thioether (sulfide) groups is 1. The number of aliphatic hydroxyl groups excluding tert-OH is 1. The molecule has 1 nitrogen and oxygen atoms in total. The van der Waals surface area contributed by atoms with Gasteiger partial charge in [0.2, 0.25) is 0 Å². The average Bonchev–Trinajstić information content (AvgIpc) is 2.23. The molecule has 1 heterocycles. The van der Waals surface area contributed by atoms with E-state index in [-0.39, 0.29) is 10.9 Å². The summed E-state index contributed by atoms with van der Waals surface area (Å²) in [6.07, 6.45) is -0.347. The Kier molecular flexibility index (Phi) is 3.06. The van der Waals surface area contributed by atoms with Gasteiger partial charge in [0, 0.05) is 10.5 Å². The molecule has 1 aromatic rings. The SMILES string of the molecule is CC(C)c1ccc2c(c1)C(O)C(C)(C)SC2. The van der Waals surface area contributed by atoms with Crippen molar-refractivity contribution in [1.82, 2.24) is 0 Å². The third-order valence-electron chi connectivity index (χ3n) is 3.39. The highest BCUT2D eigenvalue weighted by Gasteiger charge is 2.35. The van der Waals surface area contributed by atoms with Gasteiger partial charge >= 0.3 is 0 Å². The molecule has 0 amide bonds. The lowest BCUT2D eigenvalue weighted by Crippen LogP contribution is -2.30. The Bertz CT molecular complexity index is 396. The molecule has 0 spiro atoms. The Labute approximate surface area is 102 Å². The Balaban J connectivity index is 2.45. The average molecular weight is 236 g/mol. The maximum absolute atomic E-state index is 10.4. The number of benzene rings is 1. The molecule has 2 heteroatoms. The van der Waals surface area contributed by atoms with Crippen LogP contribution in [0.3, 0.4) is 0 Å². The zero-order valence-electron chi connectivity index (χ0n) is 10.4. The molecule has 1 unspecified atom stereocenters. The molecule has 1 aliphatic heterocycles. The molecule has 0 bridgehead atoms. The summed E-state index contributed by atoms with van der Waals surface area (Å²) in [5.74, 6) is 1.54. The minimum Gasteiger partial charge on any atom is -0.387 e. The Morgan fingerprint density at radius 3 is 2.69 bits per heavy atom. The van der Waals surface area contributed by atoms with Gasteiger partial charge in [0.1, 0.15) is 0 Å². The number of hydrogen-bond acceptors (Lipinski definition) is 2. The Hall–Kier alpha value is -0.470. The van der Waals surface area contributed by atoms with Gasteiger partial charge in [0.15, 0.2) is 0 Å². The second-order valence-corrected chi connectivity index (χ2v) is 7.04. The second-order valence-electron chi connectivity index (χ2n) is 5.41. The fourth-order valence-electron chi connectivity index (χ4n) is 2.08. The third kappa shape index (κ3) is 2.01. The minimum absolute atomic E-state index is 0.0669. The molecular formula is C14H20OS. The molecule has 88 valence electrons. The zero-order valence-corrected chi connectivity index (χ0v) is 11.3. The van der Waals surface area contributed by atoms with Crippen LogP contribution in [0.5, 0.6) is 0 Å². The van der Waals surface area contributed by atoms with E-state index in [1.54, 1.807) is 0 Å². The molecule has 0 fully saturated rings. The van der Waals surface area contributed by atoms with Gasteiger partial charge < -0.3 is 5.11 Å². The molecule has 2 rings (SSSR count). The molecule has 0 aliphatic carbocycles. The maximum atomic E-state index is 10.4. The first-order valence-electron chi connectivity index (χ1n) is 5.86. The minimum atomic E-state index is -0.347. The predicted molar refractivity (Wildman–Crippen MR) is 70.9 cm³/mol. The topological polar surface area (TPSA) is 20.2 Å². The summed E-state index contributed by atoms with van der Waals surface area (Å²) in [4.78, 5) is 0. The quantitative estimate of drug-likeness (QED) is 0.798. The molecule has 1 atom stereocenters. The molecule has 0 saturated heterocycles. The lowest BCUT2D eigenvalue weighted by molar-refractivity contribution is 0.141. The van der Waals surface area contributed by atoms with Gasteiger partial charge in [-0.1, -0.05) is 32.0 Å². The Morgan fingerprint density at radius 1 is 1.38 bits per heavy atom. The highest BCUT2D eigenvalue weighted by atomic mass is 32.2. The molecule has 0 aromatic heterocycles. The van der Waals surface area contributed by atoms with Crippen LogP contribution in [0.15, 0.2) is 18.2 Å². The molecule has 0 radical (unpaired) electrons. The number of hydrogen-bond donors (Lipinski definition) is 1. The van der Waals surface area contributed by atoms with Gasteiger partial charge in [0.25, 0.3) is 0 Å². The molecule has 1 aromatic carbocycles. The van der Waals surface area contributed by atoms with Crippen molar-refractivity contribution in [3.05, 3.63) is 34.9 Å². The van der Waals surface area contributed by atoms with Crippen LogP contribution in [0.25, 0.3) is 0 Å². The first-order chi connectivity index (χ1) is 7.42. The van der Waals surface area contributed by atoms with Crippen LogP contribution in [0.1, 0.15) is 56.4 Å². The fraction of sp³-hybridized carbons (Fsp3) is 0.571. The summed E-state index contributed by atoms with van der Waals surface area (Å²) < 4.78 is -0.0669. The van der Waals surface area contributed by atoms with E-state index in [1.807, 2.05) is 11.8 Å². The maximum Gasteiger partial charge on any atom is 0.0934 e. The van der Waals surface area contributed by atoms with Crippen LogP contribution in [-0.2, 0) is 5.75 Å². The predicted octanol–water partition coefficient (Wildman–Crippen LogP) is 3.87. The van der Waals surface area contributed by atoms with Gasteiger partial charge in [-0.2, -0.15) is 0 Å². The second kappa shape index (κ2) is 4.08. The van der Waals surface area contributed by atoms with Crippen molar-refractivity contribution in [2.24, 2.45) is 0 Å². The largest absolute Gasteiger partial charge is 0.387 e.